The molecule has 0 saturated carbocycles. The number of halogens is 2. The highest BCUT2D eigenvalue weighted by atomic mass is 35.5. The van der Waals surface area contributed by atoms with E-state index in [4.69, 9.17) is 43.8 Å². The maximum absolute atomic E-state index is 6.55. The van der Waals surface area contributed by atoms with Gasteiger partial charge in [-0.3, -0.25) is 0 Å². The molecule has 2 aromatic heterocycles. The summed E-state index contributed by atoms with van der Waals surface area (Å²) in [5.41, 5.74) is 8.60. The van der Waals surface area contributed by atoms with Crippen LogP contribution in [0.25, 0.3) is 5.65 Å². The number of pyridine rings is 1. The molecule has 1 aromatic carbocycles. The topological polar surface area (TPSA) is 71.9 Å². The normalized spacial score (nSPS) is 22.1. The van der Waals surface area contributed by atoms with E-state index in [1.165, 1.54) is 0 Å². The van der Waals surface area contributed by atoms with Gasteiger partial charge in [-0.1, -0.05) is 41.0 Å². The second-order valence-electron chi connectivity index (χ2n) is 10.1. The molecule has 0 radical (unpaired) electrons. The molecule has 7 nitrogen and oxygen atoms in total. The van der Waals surface area contributed by atoms with E-state index in [1.807, 2.05) is 30.7 Å². The van der Waals surface area contributed by atoms with Crippen LogP contribution in [-0.4, -0.2) is 65.4 Å². The second-order valence-corrected chi connectivity index (χ2v) is 11.9. The van der Waals surface area contributed by atoms with Crippen molar-refractivity contribution < 1.29 is 4.74 Å². The zero-order valence-electron chi connectivity index (χ0n) is 20.6. The summed E-state index contributed by atoms with van der Waals surface area (Å²) in [7, 11) is 4.05. The molecular weight excluding hydrogens is 503 g/mol. The molecule has 2 aliphatic rings. The monoisotopic (exact) mass is 534 g/mol. The predicted octanol–water partition coefficient (Wildman–Crippen LogP) is 4.89. The van der Waals surface area contributed by atoms with Gasteiger partial charge in [0.15, 0.2) is 11.5 Å². The van der Waals surface area contributed by atoms with Gasteiger partial charge in [0, 0.05) is 29.4 Å². The molecule has 2 fully saturated rings. The highest BCUT2D eigenvalue weighted by Gasteiger charge is 2.47. The molecule has 2 N–H and O–H groups in total. The summed E-state index contributed by atoms with van der Waals surface area (Å²) in [6.45, 7) is 7.45. The van der Waals surface area contributed by atoms with Gasteiger partial charge in [0.05, 0.1) is 34.2 Å². The molecular formula is C25H32Cl2N6OS. The SMILES string of the molecule is Cc1cc(N2CCC3(CC2)CO[C@@H](C)[C@H]3N)n2nc(CN(C)C)nc2c1Sc1cccc(Cl)c1Cl. The highest BCUT2D eigenvalue weighted by molar-refractivity contribution is 7.99. The molecule has 0 aliphatic carbocycles. The number of benzene rings is 1. The number of hydrogen-bond acceptors (Lipinski definition) is 7. The molecule has 2 atom stereocenters. The van der Waals surface area contributed by atoms with Crippen LogP contribution < -0.4 is 10.6 Å². The number of anilines is 1. The van der Waals surface area contributed by atoms with Crippen molar-refractivity contribution in [2.75, 3.05) is 38.7 Å². The number of hydrogen-bond donors (Lipinski definition) is 1. The third-order valence-electron chi connectivity index (χ3n) is 7.29. The van der Waals surface area contributed by atoms with Crippen LogP contribution in [0.4, 0.5) is 5.82 Å². The van der Waals surface area contributed by atoms with Crippen molar-refractivity contribution in [3.63, 3.8) is 0 Å². The summed E-state index contributed by atoms with van der Waals surface area (Å²) in [4.78, 5) is 11.4. The molecule has 3 aromatic rings. The molecule has 2 aliphatic heterocycles. The van der Waals surface area contributed by atoms with Crippen molar-refractivity contribution in [2.24, 2.45) is 11.1 Å². The van der Waals surface area contributed by atoms with Crippen molar-refractivity contribution in [3.05, 3.63) is 45.7 Å². The highest BCUT2D eigenvalue weighted by Crippen LogP contribution is 2.44. The van der Waals surface area contributed by atoms with E-state index in [0.717, 1.165) is 65.2 Å². The molecule has 0 bridgehead atoms. The van der Waals surface area contributed by atoms with Gasteiger partial charge in [-0.05, 0) is 64.5 Å². The lowest BCUT2D eigenvalue weighted by Gasteiger charge is -2.42. The van der Waals surface area contributed by atoms with Gasteiger partial charge in [0.25, 0.3) is 0 Å². The smallest absolute Gasteiger partial charge is 0.172 e. The summed E-state index contributed by atoms with van der Waals surface area (Å²) in [5, 5.41) is 6.03. The Bertz CT molecular complexity index is 1240. The number of ether oxygens (including phenoxy) is 1. The Morgan fingerprint density at radius 3 is 2.66 bits per heavy atom. The van der Waals surface area contributed by atoms with Gasteiger partial charge in [0.1, 0.15) is 5.82 Å². The molecule has 10 heteroatoms. The van der Waals surface area contributed by atoms with Gasteiger partial charge in [-0.15, -0.1) is 5.10 Å². The molecule has 4 heterocycles. The number of nitrogens with two attached hydrogens (primary N) is 1. The fraction of sp³-hybridized carbons (Fsp3) is 0.520. The fourth-order valence-electron chi connectivity index (χ4n) is 5.19. The van der Waals surface area contributed by atoms with Crippen LogP contribution in [0.5, 0.6) is 0 Å². The summed E-state index contributed by atoms with van der Waals surface area (Å²) in [6, 6.07) is 8.01. The fourth-order valence-corrected chi connectivity index (χ4v) is 6.67. The summed E-state index contributed by atoms with van der Waals surface area (Å²) in [6.07, 6.45) is 2.13. The minimum Gasteiger partial charge on any atom is -0.376 e. The molecule has 188 valence electrons. The average Bonchev–Trinajstić information content (AvgIpc) is 3.35. The van der Waals surface area contributed by atoms with Crippen LogP contribution in [0, 0.1) is 12.3 Å². The molecule has 0 unspecified atom stereocenters. The van der Waals surface area contributed by atoms with Gasteiger partial charge in [-0.25, -0.2) is 4.98 Å². The van der Waals surface area contributed by atoms with E-state index in [9.17, 15) is 0 Å². The predicted molar refractivity (Wildman–Crippen MR) is 143 cm³/mol. The minimum atomic E-state index is 0.0711. The number of rotatable bonds is 5. The number of piperidine rings is 1. The quantitative estimate of drug-likeness (QED) is 0.499. The van der Waals surface area contributed by atoms with Crippen molar-refractivity contribution >= 4 is 46.4 Å². The van der Waals surface area contributed by atoms with Gasteiger partial charge >= 0.3 is 0 Å². The largest absolute Gasteiger partial charge is 0.376 e. The van der Waals surface area contributed by atoms with Crippen LogP contribution in [0.3, 0.4) is 0 Å². The van der Waals surface area contributed by atoms with Crippen molar-refractivity contribution in [1.29, 1.82) is 0 Å². The van der Waals surface area contributed by atoms with Crippen LogP contribution in [-0.2, 0) is 11.3 Å². The van der Waals surface area contributed by atoms with Crippen LogP contribution in [0.15, 0.2) is 34.1 Å². The van der Waals surface area contributed by atoms with Crippen LogP contribution in [0.1, 0.15) is 31.2 Å². The van der Waals surface area contributed by atoms with E-state index in [2.05, 4.69) is 29.7 Å². The Labute approximate surface area is 220 Å². The maximum atomic E-state index is 6.55. The lowest BCUT2D eigenvalue weighted by atomic mass is 9.73. The Balaban J connectivity index is 1.52. The summed E-state index contributed by atoms with van der Waals surface area (Å²) >= 11 is 14.4. The first kappa shape index (κ1) is 25.1. The Morgan fingerprint density at radius 1 is 1.26 bits per heavy atom. The maximum Gasteiger partial charge on any atom is 0.172 e. The van der Waals surface area contributed by atoms with E-state index in [-0.39, 0.29) is 17.6 Å². The van der Waals surface area contributed by atoms with Gasteiger partial charge in [-0.2, -0.15) is 4.52 Å². The average molecular weight is 536 g/mol. The minimum absolute atomic E-state index is 0.0711. The van der Waals surface area contributed by atoms with Crippen LogP contribution in [0.2, 0.25) is 10.0 Å². The summed E-state index contributed by atoms with van der Waals surface area (Å²) < 4.78 is 7.92. The summed E-state index contributed by atoms with van der Waals surface area (Å²) in [5.74, 6) is 1.85. The number of aromatic nitrogens is 3. The zero-order valence-corrected chi connectivity index (χ0v) is 22.9. The second kappa shape index (κ2) is 9.72. The molecule has 5 rings (SSSR count). The van der Waals surface area contributed by atoms with Crippen LogP contribution >= 0.6 is 35.0 Å². The van der Waals surface area contributed by atoms with E-state index in [0.29, 0.717) is 16.6 Å². The van der Waals surface area contributed by atoms with Gasteiger partial charge in [0.2, 0.25) is 0 Å². The molecule has 35 heavy (non-hydrogen) atoms. The standard InChI is InChI=1S/C25H32Cl2N6OS/c1-15-12-20(32-10-8-25(9-11-32)14-34-16(2)23(25)28)33-24(29-19(30-33)13-31(3)4)22(15)35-18-7-5-6-17(26)21(18)27/h5-7,12,16,23H,8-11,13-14,28H2,1-4H3/t16-,23+/m0/s1. The van der Waals surface area contributed by atoms with Crippen molar-refractivity contribution in [1.82, 2.24) is 19.5 Å². The Kier molecular flexibility index (Phi) is 6.98. The third kappa shape index (κ3) is 4.65. The van der Waals surface area contributed by atoms with Gasteiger partial charge < -0.3 is 20.3 Å². The molecule has 0 amide bonds. The Hall–Kier alpha value is -1.55. The van der Waals surface area contributed by atoms with Crippen molar-refractivity contribution in [3.8, 4) is 0 Å². The lowest BCUT2D eigenvalue weighted by Crippen LogP contribution is -2.51. The number of nitrogens with zero attached hydrogens (tertiary/aromatic N) is 5. The lowest BCUT2D eigenvalue weighted by molar-refractivity contribution is 0.0974. The third-order valence-corrected chi connectivity index (χ3v) is 9.49. The molecule has 2 saturated heterocycles. The first-order chi connectivity index (χ1) is 16.7. The first-order valence-electron chi connectivity index (χ1n) is 12.0. The zero-order chi connectivity index (χ0) is 24.9. The van der Waals surface area contributed by atoms with E-state index in [1.54, 1.807) is 17.8 Å². The number of fused-ring (bicyclic) bond motifs is 1. The Morgan fingerprint density at radius 2 is 2.00 bits per heavy atom. The molecule has 1 spiro atoms. The van der Waals surface area contributed by atoms with E-state index >= 15 is 0 Å². The number of aryl methyl sites for hydroxylation is 1. The first-order valence-corrected chi connectivity index (χ1v) is 13.5. The van der Waals surface area contributed by atoms with E-state index < -0.39 is 0 Å². The van der Waals surface area contributed by atoms with Crippen molar-refractivity contribution in [2.45, 2.75) is 55.2 Å².